The Labute approximate surface area is 578 Å². The number of hydrogen-bond donors (Lipinski definition) is 5. The first-order valence-corrected chi connectivity index (χ1v) is 34.4. The number of aliphatic hydroxyl groups is 1. The Morgan fingerprint density at radius 1 is 0.515 bits per heavy atom. The van der Waals surface area contributed by atoms with Gasteiger partial charge in [0.15, 0.2) is 5.75 Å². The summed E-state index contributed by atoms with van der Waals surface area (Å²) < 4.78 is 6.27. The summed E-state index contributed by atoms with van der Waals surface area (Å²) in [4.78, 5) is 177. The smallest absolute Gasteiger partial charge is 0.246 e. The molecule has 1 fully saturated rings. The average molecular weight is 1370 g/mol. The molecule has 1 aliphatic rings. The molecule has 0 aromatic heterocycles. The molecule has 0 spiro atoms. The molecule has 1 aromatic rings. The van der Waals surface area contributed by atoms with E-state index in [0.717, 1.165) is 14.7 Å². The summed E-state index contributed by atoms with van der Waals surface area (Å²) in [7, 11) is 9.81. The van der Waals surface area contributed by atoms with Gasteiger partial charge in [-0.25, -0.2) is 0 Å². The average Bonchev–Trinajstić information content (AvgIpc) is 0.813. The molecule has 5 N–H and O–H groups in total. The third-order valence-electron chi connectivity index (χ3n) is 18.1. The number of carbonyl (C=O) groups excluding carboxylic acids is 11. The molecular weight excluding hydrogens is 1240 g/mol. The first kappa shape index (κ1) is 85.6. The van der Waals surface area contributed by atoms with E-state index in [-0.39, 0.29) is 56.5 Å². The Morgan fingerprint density at radius 2 is 1.00 bits per heavy atom. The molecule has 0 aliphatic carbocycles. The van der Waals surface area contributed by atoms with E-state index < -0.39 is 161 Å². The fourth-order valence-electron chi connectivity index (χ4n) is 11.9. The number of carbonyl (C=O) groups is 11. The first-order chi connectivity index (χ1) is 45.2. The van der Waals surface area contributed by atoms with Gasteiger partial charge in [0.2, 0.25) is 65.0 Å². The molecule has 0 saturated carbocycles. The summed E-state index contributed by atoms with van der Waals surface area (Å²) in [5.74, 6) is -9.77. The maximum Gasteiger partial charge on any atom is 0.246 e. The molecule has 14 atom stereocenters. The number of nitrogens with zero attached hydrogens (tertiary/aromatic N) is 8. The van der Waals surface area contributed by atoms with E-state index in [2.05, 4.69) is 26.4 Å². The molecule has 11 amide bonds. The maximum absolute atomic E-state index is 15.3. The highest BCUT2D eigenvalue weighted by atomic mass is 16.6. The van der Waals surface area contributed by atoms with E-state index in [4.69, 9.17) is 9.57 Å². The number of benzene rings is 1. The first-order valence-electron chi connectivity index (χ1n) is 34.4. The van der Waals surface area contributed by atoms with Crippen LogP contribution >= 0.6 is 0 Å². The van der Waals surface area contributed by atoms with Gasteiger partial charge in [0.25, 0.3) is 0 Å². The second kappa shape index (κ2) is 40.4. The van der Waals surface area contributed by atoms with Crippen molar-refractivity contribution < 1.29 is 67.4 Å². The number of allylic oxidation sites excluding steroid dienone is 2. The maximum atomic E-state index is 15.3. The lowest BCUT2D eigenvalue weighted by atomic mass is 9.91. The van der Waals surface area contributed by atoms with E-state index in [9.17, 15) is 33.9 Å². The Hall–Kier alpha value is -7.48. The largest absolute Gasteiger partial charge is 0.390 e. The lowest BCUT2D eigenvalue weighted by Gasteiger charge is -2.41. The Bertz CT molecular complexity index is 2830. The molecule has 1 heterocycles. The van der Waals surface area contributed by atoms with Crippen LogP contribution in [0.1, 0.15) is 163 Å². The molecule has 0 unspecified atom stereocenters. The van der Waals surface area contributed by atoms with Crippen LogP contribution in [0.4, 0.5) is 0 Å². The normalized spacial score (nSPS) is 26.1. The number of amides is 11. The second-order valence-corrected chi connectivity index (χ2v) is 28.2. The zero-order valence-corrected chi connectivity index (χ0v) is 62.6. The van der Waals surface area contributed by atoms with Gasteiger partial charge in [0.1, 0.15) is 66.5 Å². The molecule has 0 radical (unpaired) electrons. The highest BCUT2D eigenvalue weighted by Crippen LogP contribution is 2.26. The molecule has 1 aliphatic heterocycles. The number of rotatable bonds is 21. The molecular formula is C71H120N12O14. The van der Waals surface area contributed by atoms with Crippen molar-refractivity contribution in [1.29, 1.82) is 0 Å². The van der Waals surface area contributed by atoms with Gasteiger partial charge in [-0.2, -0.15) is 0 Å². The van der Waals surface area contributed by atoms with Gasteiger partial charge >= 0.3 is 0 Å². The van der Waals surface area contributed by atoms with Crippen LogP contribution in [0.2, 0.25) is 0 Å². The summed E-state index contributed by atoms with van der Waals surface area (Å²) in [6.45, 7) is 29.1. The van der Waals surface area contributed by atoms with Crippen molar-refractivity contribution in [3.05, 3.63) is 42.5 Å². The van der Waals surface area contributed by atoms with E-state index in [0.29, 0.717) is 18.6 Å². The third kappa shape index (κ3) is 24.5. The van der Waals surface area contributed by atoms with Crippen molar-refractivity contribution in [2.75, 3.05) is 55.9 Å². The summed E-state index contributed by atoms with van der Waals surface area (Å²) >= 11 is 0. The molecule has 26 nitrogen and oxygen atoms in total. The SMILES string of the molecule is C/C=C/C[C@@H](C)[C@@H](O)[C@H]1C(=O)N[C@@H](CC)C(=O)N(C)[C@H](C)C(=O)N(C)[C@@H]([C@@H](C)OCCC/C=N/Oc2ccccc2)C(=O)N[C@@H](C(C)C)C(=O)N(C)[C@H](CC(C)C)C(=O)N[C@@H](C)C(=O)N[C@@H](C)C(=O)N(C)[C@@H](CC(C)C)C(=O)N(C)[C@H](CC(C)C)C(=O)N(C)[C@@H](C(C)C)C(=O)N1C. The minimum atomic E-state index is -1.65. The fourth-order valence-corrected chi connectivity index (χ4v) is 11.9. The lowest BCUT2D eigenvalue weighted by molar-refractivity contribution is -0.157. The number of unbranched alkanes of at least 4 members (excludes halogenated alkanes) is 1. The van der Waals surface area contributed by atoms with Crippen LogP contribution in [0.3, 0.4) is 0 Å². The molecule has 26 heteroatoms. The van der Waals surface area contributed by atoms with Gasteiger partial charge in [0.05, 0.1) is 12.2 Å². The molecule has 548 valence electrons. The quantitative estimate of drug-likeness (QED) is 0.0475. The number of hydrogen-bond acceptors (Lipinski definition) is 15. The van der Waals surface area contributed by atoms with Crippen molar-refractivity contribution in [3.8, 4) is 5.75 Å². The zero-order chi connectivity index (χ0) is 74.2. The monoisotopic (exact) mass is 1360 g/mol. The van der Waals surface area contributed by atoms with Gasteiger partial charge in [-0.15, -0.1) is 0 Å². The Balaban J connectivity index is 3.00. The predicted octanol–water partition coefficient (Wildman–Crippen LogP) is 4.86. The number of likely N-dealkylation sites (N-methyl/N-ethyl adjacent to an activating group) is 7. The van der Waals surface area contributed by atoms with Crippen LogP contribution in [0.15, 0.2) is 47.6 Å². The van der Waals surface area contributed by atoms with Crippen LogP contribution in [0.5, 0.6) is 5.75 Å². The van der Waals surface area contributed by atoms with E-state index >= 15 is 24.0 Å². The standard InChI is InChI=1S/C71H120N12O14/c1-25-27-33-46(13)60(84)59-64(88)75-52(26-2)67(91)77(18)49(16)66(90)82(23)58(50(17)96-37-32-31-36-72-97-51-34-29-28-30-35-51)63(87)76-56(44(9)10)70(94)78(19)53(38-41(3)4)62(86)73-47(14)61(85)74-48(15)65(89)79(20)54(39-42(5)6)68(92)80(21)55(40-43(7)8)69(93)81(22)57(45(11)12)71(95)83(59)24/h25,27-30,34-36,41-50,52-60,84H,26,31-33,37-40H2,1-24H3,(H,73,86)(H,74,85)(H,75,88)(H,76,87)/b27-25+,72-36+/t46-,47+,48+,49-,50-,52+,53-,54+,55-,56+,57+,58+,59+,60-/m1/s1. The number of ether oxygens (including phenoxy) is 1. The van der Waals surface area contributed by atoms with Crippen LogP contribution < -0.4 is 26.1 Å². The molecule has 0 bridgehead atoms. The number of para-hydroxylation sites is 1. The van der Waals surface area contributed by atoms with Gasteiger partial charge < -0.3 is 70.2 Å². The van der Waals surface area contributed by atoms with E-state index in [1.54, 1.807) is 85.9 Å². The highest BCUT2D eigenvalue weighted by molar-refractivity contribution is 6.00. The van der Waals surface area contributed by atoms with Crippen LogP contribution in [0.25, 0.3) is 0 Å². The second-order valence-electron chi connectivity index (χ2n) is 28.2. The van der Waals surface area contributed by atoms with Gasteiger partial charge in [-0.1, -0.05) is 119 Å². The predicted molar refractivity (Wildman–Crippen MR) is 374 cm³/mol. The van der Waals surface area contributed by atoms with Gasteiger partial charge in [0, 0.05) is 62.2 Å². The minimum Gasteiger partial charge on any atom is -0.390 e. The van der Waals surface area contributed by atoms with E-state index in [1.165, 1.54) is 89.7 Å². The van der Waals surface area contributed by atoms with Crippen molar-refractivity contribution in [2.24, 2.45) is 40.7 Å². The van der Waals surface area contributed by atoms with Crippen LogP contribution in [-0.2, 0) is 57.5 Å². The highest BCUT2D eigenvalue weighted by Gasteiger charge is 2.46. The van der Waals surface area contributed by atoms with E-state index in [1.807, 2.05) is 59.7 Å². The number of aliphatic hydroxyl groups excluding tert-OH is 1. The van der Waals surface area contributed by atoms with Crippen molar-refractivity contribution >= 4 is 71.2 Å². The topological polar surface area (TPSA) is 310 Å². The lowest BCUT2D eigenvalue weighted by Crippen LogP contribution is -2.64. The van der Waals surface area contributed by atoms with Crippen molar-refractivity contribution in [1.82, 2.24) is 55.6 Å². The Kier molecular flexibility index (Phi) is 35.7. The molecule has 97 heavy (non-hydrogen) atoms. The Morgan fingerprint density at radius 3 is 1.52 bits per heavy atom. The van der Waals surface area contributed by atoms with Gasteiger partial charge in [-0.05, 0) is 127 Å². The summed E-state index contributed by atoms with van der Waals surface area (Å²) in [5.41, 5.74) is 0. The van der Waals surface area contributed by atoms with Crippen LogP contribution in [-0.4, -0.2) is 245 Å². The third-order valence-corrected chi connectivity index (χ3v) is 18.1. The number of nitrogens with one attached hydrogen (secondary N) is 4. The molecule has 1 aromatic carbocycles. The summed E-state index contributed by atoms with van der Waals surface area (Å²) in [6.07, 6.45) is 4.01. The summed E-state index contributed by atoms with van der Waals surface area (Å²) in [6, 6.07) is -5.43. The molecule has 2 rings (SSSR count). The zero-order valence-electron chi connectivity index (χ0n) is 62.6. The molecule has 1 saturated heterocycles. The van der Waals surface area contributed by atoms with Crippen molar-refractivity contribution in [3.63, 3.8) is 0 Å². The van der Waals surface area contributed by atoms with Crippen molar-refractivity contribution in [2.45, 2.75) is 241 Å². The summed E-state index contributed by atoms with van der Waals surface area (Å²) in [5, 5.41) is 27.3. The van der Waals surface area contributed by atoms with Crippen LogP contribution in [0, 0.1) is 35.5 Å². The van der Waals surface area contributed by atoms with Gasteiger partial charge in [-0.3, -0.25) is 52.7 Å². The number of oxime groups is 1. The minimum absolute atomic E-state index is 0.0254. The fraction of sp³-hybridized carbons (Fsp3) is 0.718.